The molecule has 1 saturated carbocycles. The van der Waals surface area contributed by atoms with E-state index in [-0.39, 0.29) is 5.91 Å². The number of hydrogen-bond donors (Lipinski definition) is 2. The smallest absolute Gasteiger partial charge is 0.272 e. The van der Waals surface area contributed by atoms with E-state index in [2.05, 4.69) is 37.2 Å². The molecule has 0 atom stereocenters. The van der Waals surface area contributed by atoms with Crippen LogP contribution in [0.2, 0.25) is 0 Å². The maximum absolute atomic E-state index is 12.4. The van der Waals surface area contributed by atoms with Gasteiger partial charge in [0.25, 0.3) is 5.91 Å². The summed E-state index contributed by atoms with van der Waals surface area (Å²) in [5.74, 6) is -0.142. The Bertz CT molecular complexity index is 677. The molecular weight excluding hydrogens is 386 g/mol. The fourth-order valence-electron chi connectivity index (χ4n) is 2.11. The van der Waals surface area contributed by atoms with E-state index in [1.54, 1.807) is 6.07 Å². The number of benzene rings is 1. The Labute approximate surface area is 133 Å². The molecule has 104 valence electrons. The van der Waals surface area contributed by atoms with Crippen molar-refractivity contribution in [2.75, 3.05) is 11.1 Å². The summed E-state index contributed by atoms with van der Waals surface area (Å²) in [5, 5.41) is 2.91. The molecular formula is C14H13Br2N3O. The van der Waals surface area contributed by atoms with Crippen molar-refractivity contribution in [2.24, 2.45) is 0 Å². The van der Waals surface area contributed by atoms with Gasteiger partial charge in [0.15, 0.2) is 0 Å². The van der Waals surface area contributed by atoms with Crippen LogP contribution >= 0.6 is 31.9 Å². The first-order valence-electron chi connectivity index (χ1n) is 6.28. The van der Waals surface area contributed by atoms with E-state index in [4.69, 9.17) is 5.73 Å². The summed E-state index contributed by atoms with van der Waals surface area (Å²) in [4.78, 5) is 12.4. The van der Waals surface area contributed by atoms with Crippen molar-refractivity contribution in [1.82, 2.24) is 4.57 Å². The van der Waals surface area contributed by atoms with Gasteiger partial charge in [-0.3, -0.25) is 4.79 Å². The monoisotopic (exact) mass is 397 g/mol. The lowest BCUT2D eigenvalue weighted by atomic mass is 10.3. The first-order valence-corrected chi connectivity index (χ1v) is 7.87. The number of nitrogens with zero attached hydrogens (tertiary/aromatic N) is 1. The van der Waals surface area contributed by atoms with Crippen molar-refractivity contribution in [3.8, 4) is 0 Å². The molecule has 0 radical (unpaired) electrons. The van der Waals surface area contributed by atoms with Gasteiger partial charge in [-0.2, -0.15) is 0 Å². The Balaban J connectivity index is 1.86. The Morgan fingerprint density at radius 3 is 2.70 bits per heavy atom. The molecule has 1 aliphatic carbocycles. The molecule has 0 bridgehead atoms. The molecule has 1 aliphatic rings. The van der Waals surface area contributed by atoms with Crippen LogP contribution in [0.4, 0.5) is 11.4 Å². The molecule has 6 heteroatoms. The molecule has 2 aromatic rings. The zero-order valence-electron chi connectivity index (χ0n) is 10.6. The third-order valence-corrected chi connectivity index (χ3v) is 4.37. The molecule has 4 nitrogen and oxygen atoms in total. The lowest BCUT2D eigenvalue weighted by Gasteiger charge is -2.10. The third kappa shape index (κ3) is 2.76. The summed E-state index contributed by atoms with van der Waals surface area (Å²) in [7, 11) is 0. The average molecular weight is 399 g/mol. The normalized spacial score (nSPS) is 14.3. The number of nitrogen functional groups attached to an aromatic ring is 1. The quantitative estimate of drug-likeness (QED) is 0.814. The molecule has 1 fully saturated rings. The molecule has 0 spiro atoms. The molecule has 1 heterocycles. The number of nitrogens with one attached hydrogen (secondary N) is 1. The number of carbonyl (C=O) groups is 1. The minimum absolute atomic E-state index is 0.142. The number of carbonyl (C=O) groups excluding carboxylic acids is 1. The summed E-state index contributed by atoms with van der Waals surface area (Å²) >= 11 is 6.82. The van der Waals surface area contributed by atoms with Gasteiger partial charge in [-0.25, -0.2) is 0 Å². The van der Waals surface area contributed by atoms with Crippen LogP contribution in [-0.2, 0) is 0 Å². The molecule has 1 aromatic carbocycles. The predicted octanol–water partition coefficient (Wildman–Crippen LogP) is 4.18. The number of hydrogen-bond acceptors (Lipinski definition) is 2. The first-order chi connectivity index (χ1) is 9.54. The zero-order chi connectivity index (χ0) is 14.3. The SMILES string of the molecule is Nc1cc(C(=O)Nc2ccc(Br)cc2Br)n(C2CC2)c1. The number of aromatic nitrogens is 1. The van der Waals surface area contributed by atoms with Gasteiger partial charge in [-0.15, -0.1) is 0 Å². The fourth-order valence-corrected chi connectivity index (χ4v) is 3.26. The molecule has 0 aliphatic heterocycles. The average Bonchev–Trinajstić information content (AvgIpc) is 3.16. The maximum atomic E-state index is 12.4. The van der Waals surface area contributed by atoms with Gasteiger partial charge in [0.1, 0.15) is 5.69 Å². The summed E-state index contributed by atoms with van der Waals surface area (Å²) in [5.41, 5.74) is 7.78. The molecule has 1 amide bonds. The molecule has 0 unspecified atom stereocenters. The number of amides is 1. The standard InChI is InChI=1S/C14H13Br2N3O/c15-8-1-4-12(11(16)5-8)18-14(20)13-6-9(17)7-19(13)10-2-3-10/h1,4-7,10H,2-3,17H2,(H,18,20). The van der Waals surface area contributed by atoms with Crippen LogP contribution in [-0.4, -0.2) is 10.5 Å². The van der Waals surface area contributed by atoms with Gasteiger partial charge in [0.05, 0.1) is 11.4 Å². The van der Waals surface area contributed by atoms with E-state index in [1.165, 1.54) is 0 Å². The van der Waals surface area contributed by atoms with E-state index in [0.717, 1.165) is 27.5 Å². The van der Waals surface area contributed by atoms with Crippen molar-refractivity contribution in [3.63, 3.8) is 0 Å². The summed E-state index contributed by atoms with van der Waals surface area (Å²) in [6.07, 6.45) is 4.05. The van der Waals surface area contributed by atoms with Crippen molar-refractivity contribution in [3.05, 3.63) is 45.1 Å². The third-order valence-electron chi connectivity index (χ3n) is 3.22. The van der Waals surface area contributed by atoms with Crippen molar-refractivity contribution in [2.45, 2.75) is 18.9 Å². The Hall–Kier alpha value is -1.27. The van der Waals surface area contributed by atoms with Crippen LogP contribution < -0.4 is 11.1 Å². The number of rotatable bonds is 3. The fraction of sp³-hybridized carbons (Fsp3) is 0.214. The number of halogens is 2. The molecule has 3 rings (SSSR count). The highest BCUT2D eigenvalue weighted by molar-refractivity contribution is 9.11. The number of anilines is 2. The van der Waals surface area contributed by atoms with E-state index in [9.17, 15) is 4.79 Å². The van der Waals surface area contributed by atoms with Gasteiger partial charge >= 0.3 is 0 Å². The highest BCUT2D eigenvalue weighted by Crippen LogP contribution is 2.37. The highest BCUT2D eigenvalue weighted by atomic mass is 79.9. The van der Waals surface area contributed by atoms with Crippen molar-refractivity contribution in [1.29, 1.82) is 0 Å². The lowest BCUT2D eigenvalue weighted by Crippen LogP contribution is -2.16. The Morgan fingerprint density at radius 1 is 1.30 bits per heavy atom. The lowest BCUT2D eigenvalue weighted by molar-refractivity contribution is 0.101. The van der Waals surface area contributed by atoms with Gasteiger partial charge in [0, 0.05) is 21.2 Å². The second-order valence-electron chi connectivity index (χ2n) is 4.88. The van der Waals surface area contributed by atoms with Crippen LogP contribution in [0.3, 0.4) is 0 Å². The summed E-state index contributed by atoms with van der Waals surface area (Å²) in [6.45, 7) is 0. The molecule has 20 heavy (non-hydrogen) atoms. The summed E-state index contributed by atoms with van der Waals surface area (Å²) < 4.78 is 3.75. The van der Waals surface area contributed by atoms with E-state index in [0.29, 0.717) is 17.4 Å². The number of nitrogens with two attached hydrogens (primary N) is 1. The van der Waals surface area contributed by atoms with E-state index in [1.807, 2.05) is 29.0 Å². The Kier molecular flexibility index (Phi) is 3.60. The van der Waals surface area contributed by atoms with Gasteiger partial charge < -0.3 is 15.6 Å². The van der Waals surface area contributed by atoms with Crippen LogP contribution in [0.25, 0.3) is 0 Å². The molecule has 1 aromatic heterocycles. The zero-order valence-corrected chi connectivity index (χ0v) is 13.7. The minimum Gasteiger partial charge on any atom is -0.397 e. The van der Waals surface area contributed by atoms with Crippen LogP contribution in [0.1, 0.15) is 29.4 Å². The van der Waals surface area contributed by atoms with Crippen LogP contribution in [0.5, 0.6) is 0 Å². The maximum Gasteiger partial charge on any atom is 0.272 e. The largest absolute Gasteiger partial charge is 0.397 e. The van der Waals surface area contributed by atoms with Gasteiger partial charge in [-0.1, -0.05) is 15.9 Å². The van der Waals surface area contributed by atoms with Crippen LogP contribution in [0, 0.1) is 0 Å². The Morgan fingerprint density at radius 2 is 2.05 bits per heavy atom. The van der Waals surface area contributed by atoms with E-state index >= 15 is 0 Å². The van der Waals surface area contributed by atoms with Crippen molar-refractivity contribution >= 4 is 49.1 Å². The van der Waals surface area contributed by atoms with E-state index < -0.39 is 0 Å². The van der Waals surface area contributed by atoms with Crippen LogP contribution in [0.15, 0.2) is 39.4 Å². The second kappa shape index (κ2) is 5.26. The molecule has 0 saturated heterocycles. The summed E-state index contributed by atoms with van der Waals surface area (Å²) in [6, 6.07) is 7.76. The second-order valence-corrected chi connectivity index (χ2v) is 6.65. The first kappa shape index (κ1) is 13.7. The topological polar surface area (TPSA) is 60.1 Å². The molecule has 3 N–H and O–H groups in total. The van der Waals surface area contributed by atoms with Gasteiger partial charge in [-0.05, 0) is 53.0 Å². The predicted molar refractivity (Wildman–Crippen MR) is 86.9 cm³/mol. The minimum atomic E-state index is -0.142. The van der Waals surface area contributed by atoms with Gasteiger partial charge in [0.2, 0.25) is 0 Å². The van der Waals surface area contributed by atoms with Crippen molar-refractivity contribution < 1.29 is 4.79 Å². The highest BCUT2D eigenvalue weighted by Gasteiger charge is 2.27.